The average molecular weight is 328 g/mol. The van der Waals surface area contributed by atoms with Gasteiger partial charge >= 0.3 is 0 Å². The van der Waals surface area contributed by atoms with Crippen molar-refractivity contribution in [1.82, 2.24) is 15.5 Å². The van der Waals surface area contributed by atoms with Gasteiger partial charge in [-0.3, -0.25) is 4.99 Å². The number of guanidine groups is 1. The molecule has 0 spiro atoms. The number of benzene rings is 2. The van der Waals surface area contributed by atoms with Gasteiger partial charge in [0.15, 0.2) is 5.96 Å². The third kappa shape index (κ3) is 6.01. The SMILES string of the molecule is CN=C(NCc1ccc(F)cc1)NCc1ccc(CN(C)C)cc1. The van der Waals surface area contributed by atoms with Gasteiger partial charge in [-0.1, -0.05) is 36.4 Å². The summed E-state index contributed by atoms with van der Waals surface area (Å²) in [5.74, 6) is 0.496. The first kappa shape index (κ1) is 17.9. The van der Waals surface area contributed by atoms with Crippen LogP contribution in [0.3, 0.4) is 0 Å². The number of nitrogens with one attached hydrogen (secondary N) is 2. The lowest BCUT2D eigenvalue weighted by Gasteiger charge is -2.13. The molecular formula is C19H25FN4. The second-order valence-corrected chi connectivity index (χ2v) is 5.96. The Labute approximate surface area is 143 Å². The summed E-state index contributed by atoms with van der Waals surface area (Å²) in [6.07, 6.45) is 0. The van der Waals surface area contributed by atoms with E-state index in [1.165, 1.54) is 23.3 Å². The first-order valence-electron chi connectivity index (χ1n) is 7.98. The molecule has 2 aromatic rings. The Kier molecular flexibility index (Phi) is 6.75. The smallest absolute Gasteiger partial charge is 0.191 e. The van der Waals surface area contributed by atoms with Gasteiger partial charge in [0.05, 0.1) is 0 Å². The third-order valence-electron chi connectivity index (χ3n) is 3.58. The molecule has 0 aromatic heterocycles. The molecule has 0 heterocycles. The van der Waals surface area contributed by atoms with Gasteiger partial charge in [-0.05, 0) is 42.9 Å². The van der Waals surface area contributed by atoms with Crippen molar-refractivity contribution < 1.29 is 4.39 Å². The Morgan fingerprint density at radius 2 is 1.33 bits per heavy atom. The van der Waals surface area contributed by atoms with Crippen LogP contribution < -0.4 is 10.6 Å². The summed E-state index contributed by atoms with van der Waals surface area (Å²) in [4.78, 5) is 6.35. The van der Waals surface area contributed by atoms with Crippen molar-refractivity contribution in [2.24, 2.45) is 4.99 Å². The number of rotatable bonds is 6. The monoisotopic (exact) mass is 328 g/mol. The van der Waals surface area contributed by atoms with E-state index in [0.717, 1.165) is 18.1 Å². The maximum absolute atomic E-state index is 12.9. The predicted octanol–water partition coefficient (Wildman–Crippen LogP) is 2.75. The van der Waals surface area contributed by atoms with Crippen molar-refractivity contribution in [3.8, 4) is 0 Å². The Morgan fingerprint density at radius 3 is 1.79 bits per heavy atom. The predicted molar refractivity (Wildman–Crippen MR) is 97.3 cm³/mol. The minimum atomic E-state index is -0.223. The van der Waals surface area contributed by atoms with Gasteiger partial charge in [-0.2, -0.15) is 0 Å². The first-order valence-corrected chi connectivity index (χ1v) is 7.98. The molecule has 24 heavy (non-hydrogen) atoms. The highest BCUT2D eigenvalue weighted by molar-refractivity contribution is 5.79. The summed E-state index contributed by atoms with van der Waals surface area (Å²) in [7, 11) is 5.86. The summed E-state index contributed by atoms with van der Waals surface area (Å²) in [5.41, 5.74) is 3.50. The second kappa shape index (κ2) is 9.03. The minimum Gasteiger partial charge on any atom is -0.352 e. The summed E-state index contributed by atoms with van der Waals surface area (Å²) >= 11 is 0. The number of hydrogen-bond acceptors (Lipinski definition) is 2. The van der Waals surface area contributed by atoms with Crippen LogP contribution in [-0.4, -0.2) is 32.0 Å². The highest BCUT2D eigenvalue weighted by Crippen LogP contribution is 2.06. The maximum atomic E-state index is 12.9. The molecule has 0 amide bonds. The van der Waals surface area contributed by atoms with Crippen molar-refractivity contribution in [2.75, 3.05) is 21.1 Å². The number of nitrogens with zero attached hydrogens (tertiary/aromatic N) is 2. The third-order valence-corrected chi connectivity index (χ3v) is 3.58. The van der Waals surface area contributed by atoms with E-state index in [1.807, 2.05) is 0 Å². The molecule has 0 saturated heterocycles. The Bertz CT molecular complexity index is 648. The van der Waals surface area contributed by atoms with Crippen molar-refractivity contribution in [1.29, 1.82) is 0 Å². The second-order valence-electron chi connectivity index (χ2n) is 5.96. The molecule has 0 atom stereocenters. The molecule has 0 bridgehead atoms. The lowest BCUT2D eigenvalue weighted by atomic mass is 10.1. The molecule has 0 fully saturated rings. The van der Waals surface area contributed by atoms with Crippen LogP contribution in [-0.2, 0) is 19.6 Å². The summed E-state index contributed by atoms with van der Waals surface area (Å²) in [6, 6.07) is 15.0. The van der Waals surface area contributed by atoms with Gasteiger partial charge in [0, 0.05) is 26.7 Å². The molecule has 2 rings (SSSR count). The number of halogens is 1. The van der Waals surface area contributed by atoms with E-state index < -0.39 is 0 Å². The number of aliphatic imine (C=N–C) groups is 1. The zero-order chi connectivity index (χ0) is 17.4. The van der Waals surface area contributed by atoms with Crippen LogP contribution in [0.25, 0.3) is 0 Å². The lowest BCUT2D eigenvalue weighted by Crippen LogP contribution is -2.36. The Morgan fingerprint density at radius 1 is 0.875 bits per heavy atom. The van der Waals surface area contributed by atoms with Crippen LogP contribution in [0.4, 0.5) is 4.39 Å². The van der Waals surface area contributed by atoms with E-state index in [1.54, 1.807) is 19.2 Å². The largest absolute Gasteiger partial charge is 0.352 e. The van der Waals surface area contributed by atoms with E-state index in [9.17, 15) is 4.39 Å². The Balaban J connectivity index is 1.81. The van der Waals surface area contributed by atoms with E-state index in [2.05, 4.69) is 58.9 Å². The van der Waals surface area contributed by atoms with Gasteiger partial charge in [-0.15, -0.1) is 0 Å². The van der Waals surface area contributed by atoms with Gasteiger partial charge in [0.2, 0.25) is 0 Å². The minimum absolute atomic E-state index is 0.223. The molecule has 0 saturated carbocycles. The van der Waals surface area contributed by atoms with Crippen molar-refractivity contribution in [3.05, 3.63) is 71.0 Å². The molecule has 5 heteroatoms. The van der Waals surface area contributed by atoms with E-state index in [4.69, 9.17) is 0 Å². The Hall–Kier alpha value is -2.40. The molecule has 0 aliphatic rings. The van der Waals surface area contributed by atoms with Crippen LogP contribution in [0.1, 0.15) is 16.7 Å². The van der Waals surface area contributed by atoms with E-state index in [-0.39, 0.29) is 5.82 Å². The fraction of sp³-hybridized carbons (Fsp3) is 0.316. The molecular weight excluding hydrogens is 303 g/mol. The molecule has 0 unspecified atom stereocenters. The highest BCUT2D eigenvalue weighted by atomic mass is 19.1. The van der Waals surface area contributed by atoms with Crippen molar-refractivity contribution >= 4 is 5.96 Å². The van der Waals surface area contributed by atoms with Crippen LogP contribution >= 0.6 is 0 Å². The standard InChI is InChI=1S/C19H25FN4/c1-21-19(23-13-16-8-10-18(20)11-9-16)22-12-15-4-6-17(7-5-15)14-24(2)3/h4-11H,12-14H2,1-3H3,(H2,21,22,23). The summed E-state index contributed by atoms with van der Waals surface area (Å²) in [5, 5.41) is 6.50. The zero-order valence-electron chi connectivity index (χ0n) is 14.5. The average Bonchev–Trinajstić information content (AvgIpc) is 2.57. The summed E-state index contributed by atoms with van der Waals surface area (Å²) < 4.78 is 12.9. The van der Waals surface area contributed by atoms with Crippen LogP contribution in [0.5, 0.6) is 0 Å². The quantitative estimate of drug-likeness (QED) is 0.633. The first-order chi connectivity index (χ1) is 11.6. The molecule has 0 radical (unpaired) electrons. The molecule has 2 N–H and O–H groups in total. The fourth-order valence-corrected chi connectivity index (χ4v) is 2.32. The summed E-state index contributed by atoms with van der Waals surface area (Å²) in [6.45, 7) is 2.24. The molecule has 128 valence electrons. The maximum Gasteiger partial charge on any atom is 0.191 e. The normalized spacial score (nSPS) is 11.6. The van der Waals surface area contributed by atoms with Crippen LogP contribution in [0.2, 0.25) is 0 Å². The molecule has 4 nitrogen and oxygen atoms in total. The topological polar surface area (TPSA) is 39.7 Å². The van der Waals surface area contributed by atoms with Gasteiger partial charge in [0.1, 0.15) is 5.82 Å². The van der Waals surface area contributed by atoms with E-state index in [0.29, 0.717) is 13.1 Å². The zero-order valence-corrected chi connectivity index (χ0v) is 14.5. The highest BCUT2D eigenvalue weighted by Gasteiger charge is 2.01. The fourth-order valence-electron chi connectivity index (χ4n) is 2.32. The molecule has 2 aromatic carbocycles. The van der Waals surface area contributed by atoms with Crippen molar-refractivity contribution in [3.63, 3.8) is 0 Å². The molecule has 0 aliphatic heterocycles. The van der Waals surface area contributed by atoms with E-state index >= 15 is 0 Å². The molecule has 0 aliphatic carbocycles. The van der Waals surface area contributed by atoms with Crippen LogP contribution in [0, 0.1) is 5.82 Å². The lowest BCUT2D eigenvalue weighted by molar-refractivity contribution is 0.402. The van der Waals surface area contributed by atoms with Crippen molar-refractivity contribution in [2.45, 2.75) is 19.6 Å². The number of hydrogen-bond donors (Lipinski definition) is 2. The van der Waals surface area contributed by atoms with Gasteiger partial charge < -0.3 is 15.5 Å². The van der Waals surface area contributed by atoms with Gasteiger partial charge in [0.25, 0.3) is 0 Å². The van der Waals surface area contributed by atoms with Gasteiger partial charge in [-0.25, -0.2) is 4.39 Å². The van der Waals surface area contributed by atoms with Crippen LogP contribution in [0.15, 0.2) is 53.5 Å².